The normalized spacial score (nSPS) is 12.1. The van der Waals surface area contributed by atoms with Crippen LogP contribution in [0, 0.1) is 13.8 Å². The van der Waals surface area contributed by atoms with Gasteiger partial charge in [0.15, 0.2) is 0 Å². The van der Waals surface area contributed by atoms with Gasteiger partial charge in [-0.25, -0.2) is 0 Å². The van der Waals surface area contributed by atoms with Crippen molar-refractivity contribution in [1.29, 1.82) is 0 Å². The van der Waals surface area contributed by atoms with Gasteiger partial charge in [0.1, 0.15) is 0 Å². The Balaban J connectivity index is 1.92. The maximum absolute atomic E-state index is 2.45. The fourth-order valence-electron chi connectivity index (χ4n) is 3.34. The van der Waals surface area contributed by atoms with Gasteiger partial charge in [0.05, 0.1) is 0 Å². The molecular formula is C20H14SeTe. The number of fused-ring (bicyclic) bond motifs is 4. The zero-order valence-electron chi connectivity index (χ0n) is 12.4. The average Bonchev–Trinajstić information content (AvgIpc) is 2.99. The van der Waals surface area contributed by atoms with Crippen LogP contribution in [-0.4, -0.2) is 34.9 Å². The monoisotopic (exact) mass is 464 g/mol. The Morgan fingerprint density at radius 2 is 1.27 bits per heavy atom. The Morgan fingerprint density at radius 1 is 0.636 bits per heavy atom. The third kappa shape index (κ3) is 2.03. The predicted molar refractivity (Wildman–Crippen MR) is 99.8 cm³/mol. The van der Waals surface area contributed by atoms with E-state index in [1.54, 1.807) is 11.2 Å². The van der Waals surface area contributed by atoms with Gasteiger partial charge in [0.2, 0.25) is 0 Å². The molecule has 0 spiro atoms. The molecule has 0 amide bonds. The van der Waals surface area contributed by atoms with Crippen molar-refractivity contribution in [3.8, 4) is 0 Å². The molecule has 5 aromatic rings. The van der Waals surface area contributed by atoms with E-state index in [0.717, 1.165) is 0 Å². The van der Waals surface area contributed by atoms with Crippen LogP contribution < -0.4 is 0 Å². The van der Waals surface area contributed by atoms with Crippen LogP contribution in [0.1, 0.15) is 8.02 Å². The van der Waals surface area contributed by atoms with Gasteiger partial charge in [0, 0.05) is 0 Å². The van der Waals surface area contributed by atoms with E-state index in [1.807, 2.05) is 0 Å². The number of rotatable bonds is 0. The Hall–Kier alpha value is -1.03. The van der Waals surface area contributed by atoms with E-state index < -0.39 is 0 Å². The van der Waals surface area contributed by atoms with Crippen molar-refractivity contribution in [2.75, 3.05) is 0 Å². The van der Waals surface area contributed by atoms with E-state index in [-0.39, 0.29) is 20.4 Å². The third-order valence-electron chi connectivity index (χ3n) is 4.31. The van der Waals surface area contributed by atoms with Crippen LogP contribution >= 0.6 is 0 Å². The summed E-state index contributed by atoms with van der Waals surface area (Å²) in [5.74, 6) is 0. The third-order valence-corrected chi connectivity index (χ3v) is 9.33. The van der Waals surface area contributed by atoms with Crippen molar-refractivity contribution in [3.63, 3.8) is 0 Å². The van der Waals surface area contributed by atoms with E-state index in [4.69, 9.17) is 0 Å². The van der Waals surface area contributed by atoms with Gasteiger partial charge in [-0.05, 0) is 0 Å². The van der Waals surface area contributed by atoms with Crippen LogP contribution in [0.15, 0.2) is 48.5 Å². The zero-order valence-corrected chi connectivity index (χ0v) is 16.5. The molecule has 0 nitrogen and oxygen atoms in total. The van der Waals surface area contributed by atoms with Gasteiger partial charge < -0.3 is 0 Å². The van der Waals surface area contributed by atoms with E-state index >= 15 is 0 Å². The van der Waals surface area contributed by atoms with Crippen molar-refractivity contribution in [2.45, 2.75) is 13.8 Å². The fraction of sp³-hybridized carbons (Fsp3) is 0.100. The first-order valence-corrected chi connectivity index (χ1v) is 11.5. The van der Waals surface area contributed by atoms with Crippen molar-refractivity contribution in [3.05, 3.63) is 56.5 Å². The molecule has 0 saturated heterocycles. The Kier molecular flexibility index (Phi) is 2.88. The van der Waals surface area contributed by atoms with Crippen molar-refractivity contribution in [2.24, 2.45) is 0 Å². The second kappa shape index (κ2) is 4.73. The maximum atomic E-state index is 2.45. The van der Waals surface area contributed by atoms with Crippen LogP contribution in [0.25, 0.3) is 40.0 Å². The van der Waals surface area contributed by atoms with Gasteiger partial charge in [0.25, 0.3) is 0 Å². The molecule has 0 N–H and O–H groups in total. The van der Waals surface area contributed by atoms with Crippen molar-refractivity contribution < 1.29 is 0 Å². The molecule has 22 heavy (non-hydrogen) atoms. The molecule has 0 fully saturated rings. The van der Waals surface area contributed by atoms with E-state index in [2.05, 4.69) is 62.4 Å². The Morgan fingerprint density at radius 3 is 2.09 bits per heavy atom. The molecule has 0 bridgehead atoms. The topological polar surface area (TPSA) is 0 Å². The standard InChI is InChI=1S/C20H14SeTe/c1-11-3-17-7-13-5-14-8-18-4-12(2)22-20(18)10-16(14)6-15(13)9-19(17)21-11/h3-10H,1-2H3. The molecule has 0 unspecified atom stereocenters. The van der Waals surface area contributed by atoms with Gasteiger partial charge in [-0.15, -0.1) is 0 Å². The quantitative estimate of drug-likeness (QED) is 0.224. The fourth-order valence-corrected chi connectivity index (χ4v) is 8.07. The van der Waals surface area contributed by atoms with Crippen LogP contribution in [0.2, 0.25) is 0 Å². The number of hydrogen-bond acceptors (Lipinski definition) is 0. The Labute approximate surface area is 144 Å². The summed E-state index contributed by atoms with van der Waals surface area (Å²) in [6.45, 7) is 4.54. The molecule has 2 aromatic heterocycles. The molecule has 0 saturated carbocycles. The van der Waals surface area contributed by atoms with Crippen molar-refractivity contribution >= 4 is 74.9 Å². The number of hydrogen-bond donors (Lipinski definition) is 0. The number of benzene rings is 3. The van der Waals surface area contributed by atoms with Crippen LogP contribution in [-0.2, 0) is 0 Å². The summed E-state index contributed by atoms with van der Waals surface area (Å²) in [6, 6.07) is 19.2. The first-order chi connectivity index (χ1) is 10.7. The second-order valence-corrected chi connectivity index (χ2v) is 12.4. The summed E-state index contributed by atoms with van der Waals surface area (Å²) in [5, 5.41) is 8.48. The summed E-state index contributed by atoms with van der Waals surface area (Å²) in [5.41, 5.74) is 0. The molecular weight excluding hydrogens is 447 g/mol. The first-order valence-electron chi connectivity index (χ1n) is 7.44. The SMILES string of the molecule is Cc1cc2cc3cc4cc5cc(C)[te]c5cc4cc3cc2[se]1. The average molecular weight is 461 g/mol. The number of aryl methyl sites for hydroxylation is 2. The Bertz CT molecular complexity index is 1010. The molecule has 3 aromatic carbocycles. The van der Waals surface area contributed by atoms with Crippen LogP contribution in [0.3, 0.4) is 0 Å². The summed E-state index contributed by atoms with van der Waals surface area (Å²) < 4.78 is 6.29. The molecule has 0 atom stereocenters. The summed E-state index contributed by atoms with van der Waals surface area (Å²) >= 11 is 0.431. The minimum absolute atomic E-state index is 0.101. The van der Waals surface area contributed by atoms with E-state index in [1.165, 1.54) is 36.8 Å². The summed E-state index contributed by atoms with van der Waals surface area (Å²) in [6.07, 6.45) is 0. The molecule has 5 rings (SSSR count). The first kappa shape index (κ1) is 13.4. The van der Waals surface area contributed by atoms with Gasteiger partial charge in [-0.1, -0.05) is 0 Å². The van der Waals surface area contributed by atoms with Crippen molar-refractivity contribution in [1.82, 2.24) is 0 Å². The van der Waals surface area contributed by atoms with Gasteiger partial charge >= 0.3 is 145 Å². The molecule has 106 valence electrons. The van der Waals surface area contributed by atoms with E-state index in [9.17, 15) is 0 Å². The second-order valence-electron chi connectivity index (χ2n) is 6.04. The minimum atomic E-state index is -0.101. The van der Waals surface area contributed by atoms with E-state index in [0.29, 0.717) is 14.5 Å². The predicted octanol–water partition coefficient (Wildman–Crippen LogP) is 5.03. The van der Waals surface area contributed by atoms with Crippen LogP contribution in [0.4, 0.5) is 0 Å². The molecule has 0 aliphatic carbocycles. The van der Waals surface area contributed by atoms with Crippen LogP contribution in [0.5, 0.6) is 0 Å². The molecule has 2 heterocycles. The summed E-state index contributed by atoms with van der Waals surface area (Å²) in [4.78, 5) is 0. The van der Waals surface area contributed by atoms with Gasteiger partial charge in [-0.3, -0.25) is 0 Å². The summed E-state index contributed by atoms with van der Waals surface area (Å²) in [7, 11) is 0. The zero-order chi connectivity index (χ0) is 14.8. The molecule has 2 heteroatoms. The van der Waals surface area contributed by atoms with Gasteiger partial charge in [-0.2, -0.15) is 0 Å². The molecule has 0 aliphatic rings. The molecule has 0 radical (unpaired) electrons. The molecule has 0 aliphatic heterocycles.